The number of rotatable bonds is 8. The molecule has 0 bridgehead atoms. The van der Waals surface area contributed by atoms with Gasteiger partial charge in [-0.3, -0.25) is 4.79 Å². The molecule has 0 radical (unpaired) electrons. The molecule has 0 aromatic heterocycles. The van der Waals surface area contributed by atoms with E-state index < -0.39 is 5.97 Å². The Morgan fingerprint density at radius 1 is 1.19 bits per heavy atom. The summed E-state index contributed by atoms with van der Waals surface area (Å²) in [5.41, 5.74) is 0.681. The summed E-state index contributed by atoms with van der Waals surface area (Å²) >= 11 is 0. The van der Waals surface area contributed by atoms with Gasteiger partial charge in [-0.2, -0.15) is 0 Å². The number of aliphatic carboxylic acids is 1. The second-order valence-corrected chi connectivity index (χ2v) is 5.06. The largest absolute Gasteiger partial charge is 0.482 e. The molecule has 1 aromatic rings. The SMILES string of the molecule is CCC(CC)C(C)C(=O)Nc1ccc(OCC(=O)O)cc1. The van der Waals surface area contributed by atoms with Crippen molar-refractivity contribution in [3.63, 3.8) is 0 Å². The van der Waals surface area contributed by atoms with Gasteiger partial charge < -0.3 is 15.2 Å². The Kier molecular flexibility index (Phi) is 6.72. The van der Waals surface area contributed by atoms with Crippen LogP contribution in [0.5, 0.6) is 5.75 Å². The standard InChI is InChI=1S/C16H23NO4/c1-4-12(5-2)11(3)16(20)17-13-6-8-14(9-7-13)21-10-15(18)19/h6-9,11-12H,4-5,10H2,1-3H3,(H,17,20)(H,18,19). The highest BCUT2D eigenvalue weighted by Gasteiger charge is 2.21. The molecule has 0 heterocycles. The lowest BCUT2D eigenvalue weighted by molar-refractivity contribution is -0.139. The smallest absolute Gasteiger partial charge is 0.341 e. The fourth-order valence-electron chi connectivity index (χ4n) is 2.25. The van der Waals surface area contributed by atoms with Crippen molar-refractivity contribution in [3.8, 4) is 5.75 Å². The van der Waals surface area contributed by atoms with Gasteiger partial charge in [0.05, 0.1) is 0 Å². The molecule has 0 saturated carbocycles. The summed E-state index contributed by atoms with van der Waals surface area (Å²) in [6.45, 7) is 5.74. The van der Waals surface area contributed by atoms with Crippen LogP contribution in [0, 0.1) is 11.8 Å². The van der Waals surface area contributed by atoms with Crippen LogP contribution in [-0.4, -0.2) is 23.6 Å². The predicted octanol–water partition coefficient (Wildman–Crippen LogP) is 3.16. The third-order valence-electron chi connectivity index (χ3n) is 3.65. The normalized spacial score (nSPS) is 12.0. The van der Waals surface area contributed by atoms with E-state index in [-0.39, 0.29) is 18.4 Å². The fourth-order valence-corrected chi connectivity index (χ4v) is 2.25. The van der Waals surface area contributed by atoms with Crippen LogP contribution in [0.25, 0.3) is 0 Å². The topological polar surface area (TPSA) is 75.6 Å². The number of ether oxygens (including phenoxy) is 1. The van der Waals surface area contributed by atoms with E-state index in [0.29, 0.717) is 17.4 Å². The van der Waals surface area contributed by atoms with E-state index in [9.17, 15) is 9.59 Å². The Morgan fingerprint density at radius 3 is 2.24 bits per heavy atom. The first kappa shape index (κ1) is 17.0. The van der Waals surface area contributed by atoms with Crippen LogP contribution in [0.4, 0.5) is 5.69 Å². The molecule has 0 saturated heterocycles. The zero-order valence-corrected chi connectivity index (χ0v) is 12.8. The number of carboxylic acids is 1. The minimum absolute atomic E-state index is 0.00269. The summed E-state index contributed by atoms with van der Waals surface area (Å²) in [4.78, 5) is 22.6. The van der Waals surface area contributed by atoms with Crippen LogP contribution in [0.3, 0.4) is 0 Å². The minimum atomic E-state index is -1.02. The Bertz CT molecular complexity index is 466. The Labute approximate surface area is 125 Å². The number of amides is 1. The van der Waals surface area contributed by atoms with Crippen LogP contribution >= 0.6 is 0 Å². The molecule has 0 spiro atoms. The number of anilines is 1. The van der Waals surface area contributed by atoms with Crippen LogP contribution in [0.1, 0.15) is 33.6 Å². The molecule has 5 heteroatoms. The zero-order chi connectivity index (χ0) is 15.8. The number of hydrogen-bond donors (Lipinski definition) is 2. The van der Waals surface area contributed by atoms with Gasteiger partial charge in [0.15, 0.2) is 6.61 Å². The van der Waals surface area contributed by atoms with E-state index in [4.69, 9.17) is 9.84 Å². The molecule has 2 N–H and O–H groups in total. The van der Waals surface area contributed by atoms with Crippen molar-refractivity contribution in [2.24, 2.45) is 11.8 Å². The highest BCUT2D eigenvalue weighted by atomic mass is 16.5. The molecule has 116 valence electrons. The molecular formula is C16H23NO4. The van der Waals surface area contributed by atoms with E-state index in [1.165, 1.54) is 0 Å². The van der Waals surface area contributed by atoms with E-state index in [0.717, 1.165) is 12.8 Å². The van der Waals surface area contributed by atoms with Crippen molar-refractivity contribution in [2.45, 2.75) is 33.6 Å². The maximum atomic E-state index is 12.2. The van der Waals surface area contributed by atoms with Gasteiger partial charge in [0.2, 0.25) is 5.91 Å². The lowest BCUT2D eigenvalue weighted by atomic mass is 9.88. The zero-order valence-electron chi connectivity index (χ0n) is 12.8. The third kappa shape index (κ3) is 5.45. The Morgan fingerprint density at radius 2 is 1.76 bits per heavy atom. The van der Waals surface area contributed by atoms with Gasteiger partial charge in [-0.15, -0.1) is 0 Å². The highest BCUT2D eigenvalue weighted by Crippen LogP contribution is 2.22. The molecule has 1 atom stereocenters. The van der Waals surface area contributed by atoms with Gasteiger partial charge in [0, 0.05) is 11.6 Å². The van der Waals surface area contributed by atoms with Gasteiger partial charge in [0.1, 0.15) is 5.75 Å². The summed E-state index contributed by atoms with van der Waals surface area (Å²) in [5, 5.41) is 11.4. The molecule has 0 aliphatic carbocycles. The highest BCUT2D eigenvalue weighted by molar-refractivity contribution is 5.92. The molecule has 0 aliphatic rings. The summed E-state index contributed by atoms with van der Waals surface area (Å²) in [5.74, 6) is -0.219. The Balaban J connectivity index is 2.58. The molecule has 0 aliphatic heterocycles. The lowest BCUT2D eigenvalue weighted by Crippen LogP contribution is -2.26. The van der Waals surface area contributed by atoms with Gasteiger partial charge in [-0.1, -0.05) is 33.6 Å². The van der Waals surface area contributed by atoms with Crippen LogP contribution < -0.4 is 10.1 Å². The molecule has 5 nitrogen and oxygen atoms in total. The maximum absolute atomic E-state index is 12.2. The van der Waals surface area contributed by atoms with E-state index in [1.54, 1.807) is 24.3 Å². The van der Waals surface area contributed by atoms with Crippen LogP contribution in [0.2, 0.25) is 0 Å². The lowest BCUT2D eigenvalue weighted by Gasteiger charge is -2.20. The molecular weight excluding hydrogens is 270 g/mol. The van der Waals surface area contributed by atoms with Crippen molar-refractivity contribution in [3.05, 3.63) is 24.3 Å². The first-order valence-corrected chi connectivity index (χ1v) is 7.23. The Hall–Kier alpha value is -2.04. The molecule has 0 fully saturated rings. The fraction of sp³-hybridized carbons (Fsp3) is 0.500. The summed E-state index contributed by atoms with van der Waals surface area (Å²) in [6.07, 6.45) is 1.96. The number of benzene rings is 1. The first-order valence-electron chi connectivity index (χ1n) is 7.23. The number of carbonyl (C=O) groups is 2. The second-order valence-electron chi connectivity index (χ2n) is 5.06. The second kappa shape index (κ2) is 8.29. The summed E-state index contributed by atoms with van der Waals surface area (Å²) < 4.78 is 5.04. The van der Waals surface area contributed by atoms with Gasteiger partial charge in [0.25, 0.3) is 0 Å². The van der Waals surface area contributed by atoms with E-state index in [1.807, 2.05) is 6.92 Å². The van der Waals surface area contributed by atoms with Crippen LogP contribution in [0.15, 0.2) is 24.3 Å². The van der Waals surface area contributed by atoms with Gasteiger partial charge >= 0.3 is 5.97 Å². The number of carbonyl (C=O) groups excluding carboxylic acids is 1. The summed E-state index contributed by atoms with van der Waals surface area (Å²) in [7, 11) is 0. The van der Waals surface area contributed by atoms with Crippen molar-refractivity contribution in [2.75, 3.05) is 11.9 Å². The quantitative estimate of drug-likeness (QED) is 0.772. The molecule has 1 amide bonds. The number of carboxylic acid groups (broad SMARTS) is 1. The first-order chi connectivity index (χ1) is 9.97. The van der Waals surface area contributed by atoms with Crippen LogP contribution in [-0.2, 0) is 9.59 Å². The molecule has 21 heavy (non-hydrogen) atoms. The summed E-state index contributed by atoms with van der Waals surface area (Å²) in [6, 6.07) is 6.68. The monoisotopic (exact) mass is 293 g/mol. The third-order valence-corrected chi connectivity index (χ3v) is 3.65. The van der Waals surface area contributed by atoms with Crippen molar-refractivity contribution in [1.29, 1.82) is 0 Å². The van der Waals surface area contributed by atoms with Crippen molar-refractivity contribution < 1.29 is 19.4 Å². The predicted molar refractivity (Wildman–Crippen MR) is 81.4 cm³/mol. The van der Waals surface area contributed by atoms with E-state index in [2.05, 4.69) is 19.2 Å². The molecule has 1 rings (SSSR count). The maximum Gasteiger partial charge on any atom is 0.341 e. The molecule has 1 unspecified atom stereocenters. The van der Waals surface area contributed by atoms with Crippen molar-refractivity contribution in [1.82, 2.24) is 0 Å². The minimum Gasteiger partial charge on any atom is -0.482 e. The van der Waals surface area contributed by atoms with Gasteiger partial charge in [-0.25, -0.2) is 4.79 Å². The average molecular weight is 293 g/mol. The average Bonchev–Trinajstić information content (AvgIpc) is 2.47. The van der Waals surface area contributed by atoms with Crippen molar-refractivity contribution >= 4 is 17.6 Å². The van der Waals surface area contributed by atoms with Gasteiger partial charge in [-0.05, 0) is 30.2 Å². The number of hydrogen-bond acceptors (Lipinski definition) is 3. The number of nitrogens with one attached hydrogen (secondary N) is 1. The van der Waals surface area contributed by atoms with E-state index >= 15 is 0 Å². The molecule has 1 aromatic carbocycles.